The third kappa shape index (κ3) is 3.30. The third-order valence-corrected chi connectivity index (χ3v) is 4.49. The molecular weight excluding hydrogens is 364 g/mol. The number of nitrogens with one attached hydrogen (secondary N) is 1. The van der Waals surface area contributed by atoms with Crippen molar-refractivity contribution in [1.82, 2.24) is 9.88 Å². The Kier molecular flexibility index (Phi) is 4.73. The fourth-order valence-corrected chi connectivity index (χ4v) is 2.84. The second kappa shape index (κ2) is 6.86. The second-order valence-electron chi connectivity index (χ2n) is 6.11. The van der Waals surface area contributed by atoms with Gasteiger partial charge in [-0.15, -0.1) is 0 Å². The van der Waals surface area contributed by atoms with Gasteiger partial charge in [0.2, 0.25) is 0 Å². The average molecular weight is 378 g/mol. The van der Waals surface area contributed by atoms with Gasteiger partial charge >= 0.3 is 0 Å². The summed E-state index contributed by atoms with van der Waals surface area (Å²) in [6.07, 6.45) is 1.31. The highest BCUT2D eigenvalue weighted by molar-refractivity contribution is 5.95. The first-order chi connectivity index (χ1) is 12.7. The van der Waals surface area contributed by atoms with Gasteiger partial charge in [0.1, 0.15) is 0 Å². The van der Waals surface area contributed by atoms with Gasteiger partial charge in [0.05, 0.1) is 11.4 Å². The number of amides is 1. The van der Waals surface area contributed by atoms with Crippen LogP contribution in [-0.2, 0) is 0 Å². The van der Waals surface area contributed by atoms with Crippen molar-refractivity contribution in [2.24, 2.45) is 0 Å². The zero-order chi connectivity index (χ0) is 19.9. The minimum atomic E-state index is -1.16. The quantitative estimate of drug-likeness (QED) is 0.703. The zero-order valence-corrected chi connectivity index (χ0v) is 14.3. The Hall–Kier alpha value is -3.16. The van der Waals surface area contributed by atoms with Crippen molar-refractivity contribution in [2.75, 3.05) is 7.05 Å². The lowest BCUT2D eigenvalue weighted by Gasteiger charge is -2.26. The summed E-state index contributed by atoms with van der Waals surface area (Å²) < 4.78 is 53.6. The smallest absolute Gasteiger partial charge is 0.255 e. The first-order valence-corrected chi connectivity index (χ1v) is 7.93. The Balaban J connectivity index is 2.04. The lowest BCUT2D eigenvalue weighted by molar-refractivity contribution is 0.0742. The largest absolute Gasteiger partial charge is 0.335 e. The maximum atomic E-state index is 13.7. The number of fused-ring (bicyclic) bond motifs is 1. The standard InChI is InChI=1S/C19H14F4N2O2/c1-9(25(2)19(27)10-3-4-14(20)15(21)5-10)13-8-24-18(26)12-7-17(23)16(22)6-11(12)13/h3-9H,1-2H3,(H,24,26)/t9-/m0/s1. The number of H-pyrrole nitrogens is 1. The van der Waals surface area contributed by atoms with Crippen molar-refractivity contribution in [1.29, 1.82) is 0 Å². The Morgan fingerprint density at radius 2 is 1.56 bits per heavy atom. The zero-order valence-electron chi connectivity index (χ0n) is 14.3. The van der Waals surface area contributed by atoms with Crippen LogP contribution in [0.2, 0.25) is 0 Å². The lowest BCUT2D eigenvalue weighted by Crippen LogP contribution is -2.30. The van der Waals surface area contributed by atoms with Crippen LogP contribution in [0.1, 0.15) is 28.9 Å². The molecule has 27 heavy (non-hydrogen) atoms. The molecule has 8 heteroatoms. The van der Waals surface area contributed by atoms with E-state index >= 15 is 0 Å². The van der Waals surface area contributed by atoms with Crippen LogP contribution in [0.15, 0.2) is 41.3 Å². The van der Waals surface area contributed by atoms with Crippen LogP contribution < -0.4 is 5.56 Å². The van der Waals surface area contributed by atoms with Crippen LogP contribution in [0.3, 0.4) is 0 Å². The van der Waals surface area contributed by atoms with Gasteiger partial charge in [-0.25, -0.2) is 17.6 Å². The summed E-state index contributed by atoms with van der Waals surface area (Å²) in [6, 6.07) is 3.76. The minimum Gasteiger partial charge on any atom is -0.335 e. The summed E-state index contributed by atoms with van der Waals surface area (Å²) in [5.74, 6) is -5.14. The average Bonchev–Trinajstić information content (AvgIpc) is 2.64. The van der Waals surface area contributed by atoms with Crippen molar-refractivity contribution in [2.45, 2.75) is 13.0 Å². The van der Waals surface area contributed by atoms with Crippen molar-refractivity contribution < 1.29 is 22.4 Å². The van der Waals surface area contributed by atoms with E-state index < -0.39 is 40.8 Å². The molecule has 0 radical (unpaired) electrons. The highest BCUT2D eigenvalue weighted by Crippen LogP contribution is 2.28. The number of aromatic nitrogens is 1. The first kappa shape index (κ1) is 18.6. The molecule has 1 heterocycles. The molecule has 4 nitrogen and oxygen atoms in total. The Morgan fingerprint density at radius 3 is 2.19 bits per heavy atom. The predicted octanol–water partition coefficient (Wildman–Crippen LogP) is 3.92. The van der Waals surface area contributed by atoms with Crippen LogP contribution >= 0.6 is 0 Å². The van der Waals surface area contributed by atoms with E-state index in [0.717, 1.165) is 30.3 Å². The molecule has 3 aromatic rings. The predicted molar refractivity (Wildman–Crippen MR) is 91.4 cm³/mol. The normalized spacial score (nSPS) is 12.2. The van der Waals surface area contributed by atoms with E-state index in [1.807, 2.05) is 0 Å². The number of carbonyl (C=O) groups excluding carboxylic acids is 1. The van der Waals surface area contributed by atoms with Crippen LogP contribution in [-0.4, -0.2) is 22.8 Å². The van der Waals surface area contributed by atoms with Crippen molar-refractivity contribution >= 4 is 16.7 Å². The molecule has 0 saturated heterocycles. The summed E-state index contributed by atoms with van der Waals surface area (Å²) in [5, 5.41) is 0.0852. The summed E-state index contributed by atoms with van der Waals surface area (Å²) in [7, 11) is 1.42. The van der Waals surface area contributed by atoms with Gasteiger partial charge in [0.25, 0.3) is 11.5 Å². The van der Waals surface area contributed by atoms with Crippen molar-refractivity contribution in [3.05, 3.63) is 81.3 Å². The lowest BCUT2D eigenvalue weighted by atomic mass is 10.0. The number of pyridine rings is 1. The molecule has 0 bridgehead atoms. The number of hydrogen-bond donors (Lipinski definition) is 1. The first-order valence-electron chi connectivity index (χ1n) is 7.93. The van der Waals surface area contributed by atoms with Gasteiger partial charge in [-0.05, 0) is 48.2 Å². The van der Waals surface area contributed by atoms with Gasteiger partial charge in [-0.3, -0.25) is 9.59 Å². The number of rotatable bonds is 3. The van der Waals surface area contributed by atoms with Crippen molar-refractivity contribution in [3.8, 4) is 0 Å². The number of aromatic amines is 1. The van der Waals surface area contributed by atoms with Gasteiger partial charge < -0.3 is 9.88 Å². The molecule has 0 fully saturated rings. The number of nitrogens with zero attached hydrogens (tertiary/aromatic N) is 1. The molecule has 0 unspecified atom stereocenters. The van der Waals surface area contributed by atoms with E-state index in [2.05, 4.69) is 4.98 Å². The molecule has 0 spiro atoms. The summed E-state index contributed by atoms with van der Waals surface area (Å²) in [4.78, 5) is 28.1. The Morgan fingerprint density at radius 1 is 0.963 bits per heavy atom. The molecular formula is C19H14F4N2O2. The summed E-state index contributed by atoms with van der Waals surface area (Å²) in [6.45, 7) is 1.60. The van der Waals surface area contributed by atoms with Gasteiger partial charge in [-0.2, -0.15) is 0 Å². The third-order valence-electron chi connectivity index (χ3n) is 4.49. The molecule has 1 aromatic heterocycles. The van der Waals surface area contributed by atoms with Crippen LogP contribution in [0.25, 0.3) is 10.8 Å². The second-order valence-corrected chi connectivity index (χ2v) is 6.11. The van der Waals surface area contributed by atoms with E-state index in [-0.39, 0.29) is 16.3 Å². The molecule has 0 aliphatic heterocycles. The van der Waals surface area contributed by atoms with E-state index in [9.17, 15) is 27.2 Å². The summed E-state index contributed by atoms with van der Waals surface area (Å²) in [5.41, 5.74) is -0.314. The fourth-order valence-electron chi connectivity index (χ4n) is 2.84. The minimum absolute atomic E-state index is 0.0630. The molecule has 3 rings (SSSR count). The molecule has 0 saturated carbocycles. The number of hydrogen-bond acceptors (Lipinski definition) is 2. The topological polar surface area (TPSA) is 53.2 Å². The number of carbonyl (C=O) groups is 1. The van der Waals surface area contributed by atoms with E-state index in [1.165, 1.54) is 18.1 Å². The van der Waals surface area contributed by atoms with Crippen LogP contribution in [0.4, 0.5) is 17.6 Å². The SMILES string of the molecule is C[C@@H](c1c[nH]c(=O)c2cc(F)c(F)cc12)N(C)C(=O)c1ccc(F)c(F)c1. The van der Waals surface area contributed by atoms with Gasteiger partial charge in [0.15, 0.2) is 23.3 Å². The monoisotopic (exact) mass is 378 g/mol. The van der Waals surface area contributed by atoms with Gasteiger partial charge in [0, 0.05) is 18.8 Å². The molecule has 1 amide bonds. The fraction of sp³-hybridized carbons (Fsp3) is 0.158. The Labute approximate surface area is 151 Å². The van der Waals surface area contributed by atoms with Crippen LogP contribution in [0, 0.1) is 23.3 Å². The highest BCUT2D eigenvalue weighted by atomic mass is 19.2. The van der Waals surface area contributed by atoms with Gasteiger partial charge in [-0.1, -0.05) is 0 Å². The molecule has 1 N–H and O–H groups in total. The molecule has 2 aromatic carbocycles. The number of halogens is 4. The maximum Gasteiger partial charge on any atom is 0.255 e. The van der Waals surface area contributed by atoms with E-state index in [0.29, 0.717) is 5.56 Å². The molecule has 0 aliphatic carbocycles. The Bertz CT molecular complexity index is 1110. The maximum absolute atomic E-state index is 13.7. The molecule has 0 aliphatic rings. The molecule has 1 atom stereocenters. The molecule has 140 valence electrons. The van der Waals surface area contributed by atoms with E-state index in [4.69, 9.17) is 0 Å². The number of benzene rings is 2. The van der Waals surface area contributed by atoms with E-state index in [1.54, 1.807) is 6.92 Å². The highest BCUT2D eigenvalue weighted by Gasteiger charge is 2.23. The summed E-state index contributed by atoms with van der Waals surface area (Å²) >= 11 is 0. The van der Waals surface area contributed by atoms with Crippen molar-refractivity contribution in [3.63, 3.8) is 0 Å². The van der Waals surface area contributed by atoms with Crippen LogP contribution in [0.5, 0.6) is 0 Å².